The van der Waals surface area contributed by atoms with Gasteiger partial charge in [0.2, 0.25) is 0 Å². The molecule has 98 valence electrons. The average molecular weight is 269 g/mol. The fraction of sp³-hybridized carbons (Fsp3) is 0.294. The Kier molecular flexibility index (Phi) is 5.20. The zero-order valence-electron chi connectivity index (χ0n) is 11.2. The van der Waals surface area contributed by atoms with Crippen LogP contribution in [0.1, 0.15) is 24.6 Å². The summed E-state index contributed by atoms with van der Waals surface area (Å²) in [6.07, 6.45) is 7.66. The first-order valence-corrected chi connectivity index (χ1v) is 7.48. The van der Waals surface area contributed by atoms with Gasteiger partial charge in [0.25, 0.3) is 0 Å². The molecule has 0 radical (unpaired) electrons. The smallest absolute Gasteiger partial charge is 0.0689 e. The third-order valence-electron chi connectivity index (χ3n) is 3.02. The van der Waals surface area contributed by atoms with Crippen LogP contribution < -0.4 is 5.32 Å². The second-order valence-corrected chi connectivity index (χ2v) is 5.69. The molecule has 1 atom stereocenters. The lowest BCUT2D eigenvalue weighted by atomic mass is 10.2. The van der Waals surface area contributed by atoms with E-state index >= 15 is 0 Å². The maximum Gasteiger partial charge on any atom is 0.0689 e. The molecule has 0 bridgehead atoms. The van der Waals surface area contributed by atoms with Crippen molar-refractivity contribution in [1.82, 2.24) is 5.32 Å². The topological polar surface area (TPSA) is 12.0 Å². The zero-order chi connectivity index (χ0) is 13.5. The molecule has 0 fully saturated rings. The fourth-order valence-electron chi connectivity index (χ4n) is 1.99. The highest BCUT2D eigenvalue weighted by Gasteiger charge is 2.05. The van der Waals surface area contributed by atoms with Crippen LogP contribution in [0.15, 0.2) is 42.5 Å². The van der Waals surface area contributed by atoms with Crippen LogP contribution in [0, 0.1) is 12.3 Å². The van der Waals surface area contributed by atoms with E-state index in [1.165, 1.54) is 15.3 Å². The summed E-state index contributed by atoms with van der Waals surface area (Å²) < 4.78 is 0. The number of benzene rings is 1. The van der Waals surface area contributed by atoms with Gasteiger partial charge in [-0.05, 0) is 24.1 Å². The molecule has 2 heteroatoms. The molecule has 1 aromatic carbocycles. The van der Waals surface area contributed by atoms with E-state index in [9.17, 15) is 0 Å². The highest BCUT2D eigenvalue weighted by Crippen LogP contribution is 2.27. The first-order valence-electron chi connectivity index (χ1n) is 6.67. The molecule has 0 aliphatic heterocycles. The number of rotatable bonds is 6. The van der Waals surface area contributed by atoms with Crippen LogP contribution >= 0.6 is 11.3 Å². The van der Waals surface area contributed by atoms with Crippen molar-refractivity contribution in [3.8, 4) is 22.8 Å². The van der Waals surface area contributed by atoms with Gasteiger partial charge in [-0.1, -0.05) is 49.6 Å². The molecule has 2 rings (SSSR count). The molecule has 19 heavy (non-hydrogen) atoms. The summed E-state index contributed by atoms with van der Waals surface area (Å²) in [5.41, 5.74) is 1.28. The lowest BCUT2D eigenvalue weighted by Crippen LogP contribution is -2.26. The highest BCUT2D eigenvalue weighted by molar-refractivity contribution is 7.15. The Morgan fingerprint density at radius 1 is 1.21 bits per heavy atom. The highest BCUT2D eigenvalue weighted by atomic mass is 32.1. The van der Waals surface area contributed by atoms with Gasteiger partial charge in [-0.25, -0.2) is 0 Å². The lowest BCUT2D eigenvalue weighted by molar-refractivity contribution is 0.566. The van der Waals surface area contributed by atoms with Crippen molar-refractivity contribution < 1.29 is 0 Å². The van der Waals surface area contributed by atoms with E-state index in [4.69, 9.17) is 6.42 Å². The van der Waals surface area contributed by atoms with Gasteiger partial charge in [-0.2, -0.15) is 0 Å². The van der Waals surface area contributed by atoms with Crippen LogP contribution in [0.3, 0.4) is 0 Å². The summed E-state index contributed by atoms with van der Waals surface area (Å²) >= 11 is 1.83. The van der Waals surface area contributed by atoms with Crippen molar-refractivity contribution in [2.45, 2.75) is 32.4 Å². The van der Waals surface area contributed by atoms with Crippen LogP contribution in [0.4, 0.5) is 0 Å². The third-order valence-corrected chi connectivity index (χ3v) is 4.16. The number of thiophene rings is 1. The van der Waals surface area contributed by atoms with Crippen LogP contribution in [0.2, 0.25) is 0 Å². The molecule has 1 N–H and O–H groups in total. The summed E-state index contributed by atoms with van der Waals surface area (Å²) in [4.78, 5) is 2.64. The van der Waals surface area contributed by atoms with Gasteiger partial charge < -0.3 is 0 Å². The van der Waals surface area contributed by atoms with Gasteiger partial charge in [-0.15, -0.1) is 17.8 Å². The van der Waals surface area contributed by atoms with Crippen molar-refractivity contribution in [1.29, 1.82) is 0 Å². The molecular formula is C17H19NS. The van der Waals surface area contributed by atoms with E-state index in [0.717, 1.165) is 19.4 Å². The summed E-state index contributed by atoms with van der Waals surface area (Å²) in [6, 6.07) is 15.0. The minimum absolute atomic E-state index is 0.187. The van der Waals surface area contributed by atoms with E-state index in [-0.39, 0.29) is 6.04 Å². The van der Waals surface area contributed by atoms with E-state index in [2.05, 4.69) is 54.6 Å². The second kappa shape index (κ2) is 7.13. The molecule has 1 aromatic heterocycles. The normalized spacial score (nSPS) is 12.0. The van der Waals surface area contributed by atoms with Gasteiger partial charge in [0.1, 0.15) is 0 Å². The number of hydrogen-bond acceptors (Lipinski definition) is 2. The fourth-order valence-corrected chi connectivity index (χ4v) is 2.95. The lowest BCUT2D eigenvalue weighted by Gasteiger charge is -2.10. The number of nitrogens with one attached hydrogen (secondary N) is 1. The Hall–Kier alpha value is -1.56. The summed E-state index contributed by atoms with van der Waals surface area (Å²) in [5, 5.41) is 3.43. The average Bonchev–Trinajstić information content (AvgIpc) is 2.93. The summed E-state index contributed by atoms with van der Waals surface area (Å²) in [7, 11) is 0. The first kappa shape index (κ1) is 13.9. The molecule has 0 aliphatic carbocycles. The minimum atomic E-state index is 0.187. The summed E-state index contributed by atoms with van der Waals surface area (Å²) in [5.74, 6) is 2.81. The molecule has 2 aromatic rings. The Morgan fingerprint density at radius 3 is 2.68 bits per heavy atom. The molecule has 1 nitrogen and oxygen atoms in total. The molecule has 0 aliphatic rings. The van der Waals surface area contributed by atoms with Crippen molar-refractivity contribution >= 4 is 11.3 Å². The van der Waals surface area contributed by atoms with Crippen molar-refractivity contribution in [3.63, 3.8) is 0 Å². The van der Waals surface area contributed by atoms with E-state index in [0.29, 0.717) is 0 Å². The molecule has 0 spiro atoms. The predicted octanol–water partition coefficient (Wildman–Crippen LogP) is 4.31. The molecule has 1 unspecified atom stereocenters. The monoisotopic (exact) mass is 269 g/mol. The molecular weight excluding hydrogens is 250 g/mol. The Balaban J connectivity index is 1.97. The van der Waals surface area contributed by atoms with Gasteiger partial charge in [0, 0.05) is 16.3 Å². The van der Waals surface area contributed by atoms with E-state index in [1.54, 1.807) is 0 Å². The van der Waals surface area contributed by atoms with Crippen LogP contribution in [-0.2, 0) is 6.54 Å². The SMILES string of the molecule is C#CC(CCC)NCc1ccc(-c2ccccc2)s1. The predicted molar refractivity (Wildman–Crippen MR) is 84.1 cm³/mol. The first-order chi connectivity index (χ1) is 9.33. The van der Waals surface area contributed by atoms with Gasteiger partial charge >= 0.3 is 0 Å². The van der Waals surface area contributed by atoms with Crippen LogP contribution in [0.5, 0.6) is 0 Å². The molecule has 0 saturated heterocycles. The number of terminal acetylenes is 1. The second-order valence-electron chi connectivity index (χ2n) is 4.52. The Labute approximate surface area is 119 Å². The van der Waals surface area contributed by atoms with Gasteiger partial charge in [0.05, 0.1) is 6.04 Å². The third kappa shape index (κ3) is 3.96. The van der Waals surface area contributed by atoms with Crippen molar-refractivity contribution in [2.24, 2.45) is 0 Å². The standard InChI is InChI=1S/C17H19NS/c1-3-8-15(4-2)18-13-16-11-12-17(19-16)14-9-6-5-7-10-14/h2,5-7,9-12,15,18H,3,8,13H2,1H3. The zero-order valence-corrected chi connectivity index (χ0v) is 12.0. The molecule has 0 amide bonds. The van der Waals surface area contributed by atoms with Crippen LogP contribution in [0.25, 0.3) is 10.4 Å². The minimum Gasteiger partial charge on any atom is -0.299 e. The molecule has 0 saturated carbocycles. The van der Waals surface area contributed by atoms with Crippen molar-refractivity contribution in [2.75, 3.05) is 0 Å². The molecule has 1 heterocycles. The van der Waals surface area contributed by atoms with E-state index < -0.39 is 0 Å². The Morgan fingerprint density at radius 2 is 2.00 bits per heavy atom. The maximum atomic E-state index is 5.51. The summed E-state index contributed by atoms with van der Waals surface area (Å²) in [6.45, 7) is 3.01. The Bertz CT molecular complexity index is 536. The quantitative estimate of drug-likeness (QED) is 0.771. The maximum absolute atomic E-state index is 5.51. The largest absolute Gasteiger partial charge is 0.299 e. The van der Waals surface area contributed by atoms with Crippen LogP contribution in [-0.4, -0.2) is 6.04 Å². The van der Waals surface area contributed by atoms with Gasteiger partial charge in [0.15, 0.2) is 0 Å². The van der Waals surface area contributed by atoms with E-state index in [1.807, 2.05) is 17.4 Å². The van der Waals surface area contributed by atoms with Gasteiger partial charge in [-0.3, -0.25) is 5.32 Å². The number of hydrogen-bond donors (Lipinski definition) is 1. The van der Waals surface area contributed by atoms with Crippen molar-refractivity contribution in [3.05, 3.63) is 47.3 Å².